The molecule has 5 atom stereocenters. The van der Waals surface area contributed by atoms with Gasteiger partial charge in [0.2, 0.25) is 5.75 Å². The van der Waals surface area contributed by atoms with Gasteiger partial charge in [0.15, 0.2) is 17.6 Å². The molecular formula is C27H34N2O9. The quantitative estimate of drug-likeness (QED) is 0.348. The van der Waals surface area contributed by atoms with Crippen molar-refractivity contribution in [3.63, 3.8) is 0 Å². The van der Waals surface area contributed by atoms with E-state index in [0.717, 1.165) is 13.1 Å². The first-order valence-corrected chi connectivity index (χ1v) is 12.7. The first kappa shape index (κ1) is 26.5. The Morgan fingerprint density at radius 3 is 2.39 bits per heavy atom. The van der Waals surface area contributed by atoms with Crippen LogP contribution in [-0.2, 0) is 16.0 Å². The number of phenols is 2. The minimum Gasteiger partial charge on any atom is -0.504 e. The van der Waals surface area contributed by atoms with Gasteiger partial charge in [-0.05, 0) is 25.5 Å². The lowest BCUT2D eigenvalue weighted by atomic mass is 9.84. The van der Waals surface area contributed by atoms with Crippen LogP contribution in [0.1, 0.15) is 38.7 Å². The summed E-state index contributed by atoms with van der Waals surface area (Å²) in [5, 5.41) is 52.6. The van der Waals surface area contributed by atoms with Gasteiger partial charge in [-0.2, -0.15) is 0 Å². The van der Waals surface area contributed by atoms with E-state index in [-0.39, 0.29) is 34.7 Å². The highest BCUT2D eigenvalue weighted by atomic mass is 16.6. The number of hydrogen-bond donors (Lipinski definition) is 5. The number of methoxy groups -OCH3 is 1. The molecule has 11 nitrogen and oxygen atoms in total. The van der Waals surface area contributed by atoms with E-state index in [4.69, 9.17) is 14.2 Å². The van der Waals surface area contributed by atoms with Gasteiger partial charge >= 0.3 is 5.97 Å². The molecule has 5 N–H and O–H groups in total. The standard InChI is InChI=1S/C27H34N2O9/c1-13-4-5-16(14(2)10-13)29-8-6-28(7-9-29)11-15-18-19(22(33)25(36-3)20(15)31)24-26(38-27(18)35)23(34)21(32)17(12-30)37-24/h4-5,10,17,21,23-24,26,30-34H,6-9,11-12H2,1-3H3/t17-,21-,23+,24+,26-/m1/s1. The third kappa shape index (κ3) is 4.34. The van der Waals surface area contributed by atoms with Crippen molar-refractivity contribution in [1.82, 2.24) is 4.90 Å². The van der Waals surface area contributed by atoms with E-state index >= 15 is 0 Å². The summed E-state index contributed by atoms with van der Waals surface area (Å²) < 4.78 is 16.5. The zero-order valence-corrected chi connectivity index (χ0v) is 21.6. The predicted octanol–water partition coefficient (Wildman–Crippen LogP) is 0.738. The summed E-state index contributed by atoms with van der Waals surface area (Å²) in [6, 6.07) is 6.36. The van der Waals surface area contributed by atoms with Gasteiger partial charge in [-0.1, -0.05) is 17.7 Å². The molecule has 3 aliphatic rings. The Labute approximate surface area is 220 Å². The van der Waals surface area contributed by atoms with Gasteiger partial charge in [0.1, 0.15) is 24.4 Å². The second-order valence-corrected chi connectivity index (χ2v) is 10.2. The third-order valence-electron chi connectivity index (χ3n) is 7.79. The van der Waals surface area contributed by atoms with Crippen molar-refractivity contribution >= 4 is 11.7 Å². The van der Waals surface area contributed by atoms with Crippen LogP contribution < -0.4 is 9.64 Å². The molecule has 3 heterocycles. The smallest absolute Gasteiger partial charge is 0.339 e. The average molecular weight is 531 g/mol. The van der Waals surface area contributed by atoms with E-state index in [1.807, 2.05) is 0 Å². The molecule has 0 radical (unpaired) electrons. The summed E-state index contributed by atoms with van der Waals surface area (Å²) >= 11 is 0. The molecule has 206 valence electrons. The molecular weight excluding hydrogens is 496 g/mol. The minimum absolute atomic E-state index is 0.00536. The van der Waals surface area contributed by atoms with E-state index in [1.165, 1.54) is 23.9 Å². The van der Waals surface area contributed by atoms with Crippen LogP contribution in [0.25, 0.3) is 0 Å². The van der Waals surface area contributed by atoms with Gasteiger partial charge in [0.25, 0.3) is 0 Å². The monoisotopic (exact) mass is 530 g/mol. The first-order valence-electron chi connectivity index (χ1n) is 12.7. The lowest BCUT2D eigenvalue weighted by molar-refractivity contribution is -0.235. The van der Waals surface area contributed by atoms with Crippen molar-refractivity contribution in [1.29, 1.82) is 0 Å². The van der Waals surface area contributed by atoms with Crippen molar-refractivity contribution in [2.45, 2.75) is 50.9 Å². The van der Waals surface area contributed by atoms with Crippen LogP contribution in [0.2, 0.25) is 0 Å². The maximum Gasteiger partial charge on any atom is 0.339 e. The summed E-state index contributed by atoms with van der Waals surface area (Å²) in [6.45, 7) is 6.51. The number of fused-ring (bicyclic) bond motifs is 3. The fraction of sp³-hybridized carbons (Fsp3) is 0.519. The number of aromatic hydroxyl groups is 2. The van der Waals surface area contributed by atoms with Crippen LogP contribution in [0.4, 0.5) is 5.69 Å². The molecule has 2 saturated heterocycles. The molecule has 2 fully saturated rings. The topological polar surface area (TPSA) is 152 Å². The minimum atomic E-state index is -1.55. The van der Waals surface area contributed by atoms with Crippen LogP contribution in [0, 0.1) is 13.8 Å². The van der Waals surface area contributed by atoms with Crippen molar-refractivity contribution in [3.05, 3.63) is 46.0 Å². The van der Waals surface area contributed by atoms with E-state index < -0.39 is 48.8 Å². The molecule has 0 aromatic heterocycles. The Kier molecular flexibility index (Phi) is 7.14. The van der Waals surface area contributed by atoms with Crippen LogP contribution in [-0.4, -0.2) is 101 Å². The maximum absolute atomic E-state index is 13.2. The number of phenolic OH excluding ortho intramolecular Hbond substituents is 2. The number of carbonyl (C=O) groups is 1. The number of aryl methyl sites for hydroxylation is 2. The lowest BCUT2D eigenvalue weighted by Gasteiger charge is -2.45. The Hall–Kier alpha value is -3.09. The molecule has 3 aliphatic heterocycles. The zero-order chi connectivity index (χ0) is 27.3. The summed E-state index contributed by atoms with van der Waals surface area (Å²) in [4.78, 5) is 17.6. The van der Waals surface area contributed by atoms with E-state index in [9.17, 15) is 30.3 Å². The van der Waals surface area contributed by atoms with Gasteiger partial charge in [0, 0.05) is 49.5 Å². The molecule has 38 heavy (non-hydrogen) atoms. The summed E-state index contributed by atoms with van der Waals surface area (Å²) in [6.07, 6.45) is -6.72. The van der Waals surface area contributed by atoms with Crippen LogP contribution >= 0.6 is 0 Å². The molecule has 0 saturated carbocycles. The third-order valence-corrected chi connectivity index (χ3v) is 7.79. The first-order chi connectivity index (χ1) is 18.2. The van der Waals surface area contributed by atoms with E-state index in [2.05, 4.69) is 41.8 Å². The molecule has 0 aliphatic carbocycles. The number of carbonyl (C=O) groups excluding carboxylic acids is 1. The Bertz CT molecular complexity index is 1230. The molecule has 0 amide bonds. The molecule has 0 spiro atoms. The summed E-state index contributed by atoms with van der Waals surface area (Å²) in [5.74, 6) is -2.00. The number of rotatable bonds is 5. The van der Waals surface area contributed by atoms with Gasteiger partial charge < -0.3 is 44.6 Å². The van der Waals surface area contributed by atoms with Crippen molar-refractivity contribution in [3.8, 4) is 17.2 Å². The summed E-state index contributed by atoms with van der Waals surface area (Å²) in [7, 11) is 1.28. The molecule has 0 unspecified atom stereocenters. The summed E-state index contributed by atoms with van der Waals surface area (Å²) in [5.41, 5.74) is 3.71. The number of hydrogen-bond acceptors (Lipinski definition) is 11. The van der Waals surface area contributed by atoms with Gasteiger partial charge in [-0.25, -0.2) is 4.79 Å². The number of esters is 1. The molecule has 2 aromatic carbocycles. The second kappa shape index (κ2) is 10.2. The fourth-order valence-corrected chi connectivity index (χ4v) is 5.80. The normalized spacial score (nSPS) is 27.5. The van der Waals surface area contributed by atoms with Gasteiger partial charge in [-0.15, -0.1) is 0 Å². The van der Waals surface area contributed by atoms with Crippen molar-refractivity contribution in [2.24, 2.45) is 0 Å². The van der Waals surface area contributed by atoms with Crippen LogP contribution in [0.15, 0.2) is 18.2 Å². The van der Waals surface area contributed by atoms with E-state index in [1.54, 1.807) is 0 Å². The Balaban J connectivity index is 1.46. The lowest BCUT2D eigenvalue weighted by Crippen LogP contribution is -2.58. The van der Waals surface area contributed by atoms with Crippen molar-refractivity contribution in [2.75, 3.05) is 44.8 Å². The molecule has 0 bridgehead atoms. The van der Waals surface area contributed by atoms with Gasteiger partial charge in [-0.3, -0.25) is 4.90 Å². The van der Waals surface area contributed by atoms with Gasteiger partial charge in [0.05, 0.1) is 19.3 Å². The highest BCUT2D eigenvalue weighted by molar-refractivity contribution is 5.97. The number of benzene rings is 2. The number of aliphatic hydroxyl groups is 3. The maximum atomic E-state index is 13.2. The number of nitrogens with zero attached hydrogens (tertiary/aromatic N) is 2. The highest BCUT2D eigenvalue weighted by Gasteiger charge is 2.53. The second-order valence-electron chi connectivity index (χ2n) is 10.2. The number of ether oxygens (including phenoxy) is 3. The SMILES string of the molecule is COc1c(O)c(CN2CCN(c3ccc(C)cc3C)CC2)c2c(c1O)[C@@H]1O[C@H](CO)[C@@H](O)[C@H](O)[C@H]1OC2=O. The number of piperazine rings is 1. The average Bonchev–Trinajstić information content (AvgIpc) is 2.89. The van der Waals surface area contributed by atoms with Crippen LogP contribution in [0.3, 0.4) is 0 Å². The largest absolute Gasteiger partial charge is 0.504 e. The highest BCUT2D eigenvalue weighted by Crippen LogP contribution is 2.52. The van der Waals surface area contributed by atoms with Crippen LogP contribution in [0.5, 0.6) is 17.2 Å². The molecule has 2 aromatic rings. The Morgan fingerprint density at radius 1 is 1.05 bits per heavy atom. The number of anilines is 1. The molecule has 5 rings (SSSR count). The van der Waals surface area contributed by atoms with Crippen molar-refractivity contribution < 1.29 is 44.5 Å². The zero-order valence-electron chi connectivity index (χ0n) is 21.6. The molecule has 11 heteroatoms. The van der Waals surface area contributed by atoms with E-state index in [0.29, 0.717) is 13.1 Å². The predicted molar refractivity (Wildman–Crippen MR) is 136 cm³/mol. The fourth-order valence-electron chi connectivity index (χ4n) is 5.80. The number of aliphatic hydroxyl groups excluding tert-OH is 3. The Morgan fingerprint density at radius 2 is 1.76 bits per heavy atom.